The van der Waals surface area contributed by atoms with Crippen LogP contribution in [0.25, 0.3) is 0 Å². The van der Waals surface area contributed by atoms with Crippen molar-refractivity contribution in [2.45, 2.75) is 38.1 Å². The van der Waals surface area contributed by atoms with Gasteiger partial charge in [-0.25, -0.2) is 4.39 Å². The first kappa shape index (κ1) is 16.1. The lowest BCUT2D eigenvalue weighted by Crippen LogP contribution is -2.45. The Hall–Kier alpha value is -0.940. The maximum atomic E-state index is 14.1. The van der Waals surface area contributed by atoms with Crippen LogP contribution in [-0.4, -0.2) is 19.1 Å². The molecule has 0 aromatic heterocycles. The van der Waals surface area contributed by atoms with Crippen molar-refractivity contribution in [3.8, 4) is 0 Å². The first-order valence-corrected chi connectivity index (χ1v) is 6.92. The first-order chi connectivity index (χ1) is 8.85. The SMILES string of the molecule is CCC(N)C(C)(CC(=O)OC)c1cc(Br)ccc1F. The van der Waals surface area contributed by atoms with E-state index in [1.54, 1.807) is 19.1 Å². The van der Waals surface area contributed by atoms with Gasteiger partial charge in [-0.3, -0.25) is 4.79 Å². The molecule has 5 heteroatoms. The number of halogens is 2. The van der Waals surface area contributed by atoms with E-state index in [0.717, 1.165) is 4.47 Å². The van der Waals surface area contributed by atoms with Gasteiger partial charge in [0.25, 0.3) is 0 Å². The number of hydrogen-bond acceptors (Lipinski definition) is 3. The Balaban J connectivity index is 3.30. The molecule has 0 bridgehead atoms. The van der Waals surface area contributed by atoms with E-state index in [9.17, 15) is 9.18 Å². The fraction of sp³-hybridized carbons (Fsp3) is 0.500. The Labute approximate surface area is 121 Å². The maximum Gasteiger partial charge on any atom is 0.306 e. The summed E-state index contributed by atoms with van der Waals surface area (Å²) in [4.78, 5) is 11.6. The van der Waals surface area contributed by atoms with E-state index in [-0.39, 0.29) is 18.3 Å². The standard InChI is InChI=1S/C14H19BrFNO2/c1-4-12(17)14(2,8-13(18)19-3)10-7-9(15)5-6-11(10)16/h5-7,12H,4,8,17H2,1-3H3. The predicted molar refractivity (Wildman–Crippen MR) is 76.4 cm³/mol. The largest absolute Gasteiger partial charge is 0.469 e. The number of ether oxygens (including phenoxy) is 1. The molecular weight excluding hydrogens is 313 g/mol. The molecule has 0 aliphatic heterocycles. The Morgan fingerprint density at radius 1 is 1.58 bits per heavy atom. The molecule has 3 nitrogen and oxygen atoms in total. The summed E-state index contributed by atoms with van der Waals surface area (Å²) in [5.74, 6) is -0.760. The number of carbonyl (C=O) groups excluding carboxylic acids is 1. The van der Waals surface area contributed by atoms with Crippen molar-refractivity contribution in [1.29, 1.82) is 0 Å². The number of esters is 1. The van der Waals surface area contributed by atoms with E-state index in [4.69, 9.17) is 10.5 Å². The van der Waals surface area contributed by atoms with Gasteiger partial charge in [-0.05, 0) is 30.2 Å². The second-order valence-corrected chi connectivity index (χ2v) is 5.72. The fourth-order valence-electron chi connectivity index (χ4n) is 2.18. The molecule has 2 unspecified atom stereocenters. The third-order valence-corrected chi connectivity index (χ3v) is 4.03. The molecule has 2 N–H and O–H groups in total. The van der Waals surface area contributed by atoms with E-state index in [1.807, 2.05) is 6.92 Å². The molecule has 1 aromatic rings. The van der Waals surface area contributed by atoms with Gasteiger partial charge in [0.1, 0.15) is 5.82 Å². The Bertz CT molecular complexity index is 467. The summed E-state index contributed by atoms with van der Waals surface area (Å²) in [6.45, 7) is 3.71. The zero-order valence-corrected chi connectivity index (χ0v) is 13.0. The van der Waals surface area contributed by atoms with Crippen LogP contribution in [-0.2, 0) is 14.9 Å². The number of benzene rings is 1. The Morgan fingerprint density at radius 3 is 2.74 bits per heavy atom. The molecular formula is C14H19BrFNO2. The Kier molecular flexibility index (Phi) is 5.50. The second kappa shape index (κ2) is 6.48. The number of carbonyl (C=O) groups is 1. The van der Waals surface area contributed by atoms with Gasteiger partial charge < -0.3 is 10.5 Å². The average molecular weight is 332 g/mol. The number of rotatable bonds is 5. The van der Waals surface area contributed by atoms with Crippen molar-refractivity contribution in [1.82, 2.24) is 0 Å². The molecule has 2 atom stereocenters. The number of nitrogens with two attached hydrogens (primary N) is 1. The van der Waals surface area contributed by atoms with Crippen LogP contribution in [0, 0.1) is 5.82 Å². The molecule has 0 spiro atoms. The second-order valence-electron chi connectivity index (χ2n) is 4.81. The highest BCUT2D eigenvalue weighted by atomic mass is 79.9. The van der Waals surface area contributed by atoms with Gasteiger partial charge in [-0.2, -0.15) is 0 Å². The summed E-state index contributed by atoms with van der Waals surface area (Å²) in [6, 6.07) is 4.33. The summed E-state index contributed by atoms with van der Waals surface area (Å²) < 4.78 is 19.5. The zero-order chi connectivity index (χ0) is 14.6. The average Bonchev–Trinajstić information content (AvgIpc) is 2.40. The van der Waals surface area contributed by atoms with Crippen molar-refractivity contribution in [2.75, 3.05) is 7.11 Å². The highest BCUT2D eigenvalue weighted by Gasteiger charge is 2.37. The highest BCUT2D eigenvalue weighted by molar-refractivity contribution is 9.10. The number of hydrogen-bond donors (Lipinski definition) is 1. The summed E-state index contributed by atoms with van der Waals surface area (Å²) in [7, 11) is 1.32. The fourth-order valence-corrected chi connectivity index (χ4v) is 2.54. The van der Waals surface area contributed by atoms with Crippen molar-refractivity contribution >= 4 is 21.9 Å². The van der Waals surface area contributed by atoms with Gasteiger partial charge >= 0.3 is 5.97 Å². The lowest BCUT2D eigenvalue weighted by molar-refractivity contribution is -0.142. The topological polar surface area (TPSA) is 52.3 Å². The van der Waals surface area contributed by atoms with Gasteiger partial charge in [-0.1, -0.05) is 29.8 Å². The lowest BCUT2D eigenvalue weighted by Gasteiger charge is -2.35. The third-order valence-electron chi connectivity index (χ3n) is 3.54. The normalized spacial score (nSPS) is 15.7. The van der Waals surface area contributed by atoms with Gasteiger partial charge in [0.2, 0.25) is 0 Å². The van der Waals surface area contributed by atoms with Crippen LogP contribution in [0.5, 0.6) is 0 Å². The molecule has 1 rings (SSSR count). The first-order valence-electron chi connectivity index (χ1n) is 6.13. The summed E-state index contributed by atoms with van der Waals surface area (Å²) in [6.07, 6.45) is 0.686. The molecule has 0 heterocycles. The van der Waals surface area contributed by atoms with E-state index >= 15 is 0 Å². The molecule has 0 saturated carbocycles. The predicted octanol–water partition coefficient (Wildman–Crippen LogP) is 3.15. The van der Waals surface area contributed by atoms with Crippen LogP contribution in [0.2, 0.25) is 0 Å². The molecule has 0 radical (unpaired) electrons. The van der Waals surface area contributed by atoms with Crippen LogP contribution in [0.4, 0.5) is 4.39 Å². The minimum atomic E-state index is -0.796. The molecule has 0 aliphatic rings. The molecule has 19 heavy (non-hydrogen) atoms. The molecule has 0 fully saturated rings. The van der Waals surface area contributed by atoms with Gasteiger partial charge in [-0.15, -0.1) is 0 Å². The van der Waals surface area contributed by atoms with E-state index in [0.29, 0.717) is 12.0 Å². The highest BCUT2D eigenvalue weighted by Crippen LogP contribution is 2.35. The van der Waals surface area contributed by atoms with E-state index in [1.165, 1.54) is 13.2 Å². The van der Waals surface area contributed by atoms with Crippen molar-refractivity contribution in [2.24, 2.45) is 5.73 Å². The van der Waals surface area contributed by atoms with E-state index in [2.05, 4.69) is 15.9 Å². The third kappa shape index (κ3) is 3.54. The summed E-state index contributed by atoms with van der Waals surface area (Å²) in [5, 5.41) is 0. The van der Waals surface area contributed by atoms with Crippen LogP contribution < -0.4 is 5.73 Å². The number of methoxy groups -OCH3 is 1. The smallest absolute Gasteiger partial charge is 0.306 e. The van der Waals surface area contributed by atoms with Crippen molar-refractivity contribution in [3.05, 3.63) is 34.1 Å². The molecule has 106 valence electrons. The monoisotopic (exact) mass is 331 g/mol. The zero-order valence-electron chi connectivity index (χ0n) is 11.4. The lowest BCUT2D eigenvalue weighted by atomic mass is 9.72. The molecule has 0 saturated heterocycles. The van der Waals surface area contributed by atoms with Crippen LogP contribution in [0.1, 0.15) is 32.3 Å². The minimum Gasteiger partial charge on any atom is -0.469 e. The molecule has 1 aromatic carbocycles. The maximum absolute atomic E-state index is 14.1. The van der Waals surface area contributed by atoms with Gasteiger partial charge in [0, 0.05) is 15.9 Å². The van der Waals surface area contributed by atoms with Crippen molar-refractivity contribution < 1.29 is 13.9 Å². The van der Waals surface area contributed by atoms with Crippen LogP contribution in [0.3, 0.4) is 0 Å². The van der Waals surface area contributed by atoms with Gasteiger partial charge in [0.05, 0.1) is 13.5 Å². The summed E-state index contributed by atoms with van der Waals surface area (Å²) >= 11 is 3.32. The summed E-state index contributed by atoms with van der Waals surface area (Å²) in [5.41, 5.74) is 5.75. The van der Waals surface area contributed by atoms with Crippen molar-refractivity contribution in [3.63, 3.8) is 0 Å². The van der Waals surface area contributed by atoms with Crippen LogP contribution in [0.15, 0.2) is 22.7 Å². The quantitative estimate of drug-likeness (QED) is 0.843. The Morgan fingerprint density at radius 2 is 2.21 bits per heavy atom. The van der Waals surface area contributed by atoms with E-state index < -0.39 is 11.4 Å². The van der Waals surface area contributed by atoms with Crippen LogP contribution >= 0.6 is 15.9 Å². The van der Waals surface area contributed by atoms with Gasteiger partial charge in [0.15, 0.2) is 0 Å². The molecule has 0 aliphatic carbocycles. The minimum absolute atomic E-state index is 0.0475. The molecule has 0 amide bonds.